The van der Waals surface area contributed by atoms with Crippen molar-refractivity contribution in [1.29, 1.82) is 0 Å². The molecule has 3 rings (SSSR count). The van der Waals surface area contributed by atoms with E-state index in [4.69, 9.17) is 27.9 Å². The van der Waals surface area contributed by atoms with E-state index in [-0.39, 0.29) is 39.8 Å². The molecule has 1 aliphatic heterocycles. The maximum Gasteiger partial charge on any atom is 0.326 e. The van der Waals surface area contributed by atoms with Gasteiger partial charge in [0.2, 0.25) is 0 Å². The summed E-state index contributed by atoms with van der Waals surface area (Å²) in [6.45, 7) is 2.68. The summed E-state index contributed by atoms with van der Waals surface area (Å²) in [5.41, 5.74) is 0.305. The summed E-state index contributed by atoms with van der Waals surface area (Å²) in [6.07, 6.45) is 0. The zero-order chi connectivity index (χ0) is 21.3. The van der Waals surface area contributed by atoms with Crippen LogP contribution in [0.5, 0.6) is 0 Å². The van der Waals surface area contributed by atoms with Gasteiger partial charge in [-0.05, 0) is 38.1 Å². The fraction of sp³-hybridized carbons (Fsp3) is 0.211. The van der Waals surface area contributed by atoms with E-state index in [0.29, 0.717) is 9.92 Å². The first-order chi connectivity index (χ1) is 13.7. The van der Waals surface area contributed by atoms with Gasteiger partial charge in [0.15, 0.2) is 0 Å². The number of ether oxygens (including phenoxy) is 1. The molecule has 0 unspecified atom stereocenters. The summed E-state index contributed by atoms with van der Waals surface area (Å²) in [5, 5.41) is 2.88. The van der Waals surface area contributed by atoms with Crippen LogP contribution in [-0.2, 0) is 9.53 Å². The molecular formula is C19H15Cl2N3O5. The first-order valence-corrected chi connectivity index (χ1v) is 9.29. The lowest BCUT2D eigenvalue weighted by Gasteiger charge is -2.13. The molecule has 1 N–H and O–H groups in total. The normalized spacial score (nSPS) is 12.8. The molecule has 1 aliphatic rings. The third-order valence-electron chi connectivity index (χ3n) is 4.19. The van der Waals surface area contributed by atoms with E-state index in [1.807, 2.05) is 0 Å². The highest BCUT2D eigenvalue weighted by Gasteiger charge is 2.42. The van der Waals surface area contributed by atoms with Crippen LogP contribution >= 0.6 is 23.2 Å². The third-order valence-corrected chi connectivity index (χ3v) is 4.71. The maximum absolute atomic E-state index is 12.9. The van der Waals surface area contributed by atoms with Crippen LogP contribution in [0.15, 0.2) is 24.3 Å². The van der Waals surface area contributed by atoms with Crippen LogP contribution in [0.4, 0.5) is 5.69 Å². The van der Waals surface area contributed by atoms with Crippen molar-refractivity contribution in [3.05, 3.63) is 56.8 Å². The molecule has 8 nitrogen and oxygen atoms in total. The molecule has 0 saturated heterocycles. The number of hydrogen-bond donors (Lipinski definition) is 1. The van der Waals surface area contributed by atoms with Crippen molar-refractivity contribution in [1.82, 2.24) is 9.88 Å². The molecule has 2 heterocycles. The molecule has 3 amide bonds. The number of aromatic nitrogens is 1. The van der Waals surface area contributed by atoms with Gasteiger partial charge in [-0.15, -0.1) is 0 Å². The Bertz CT molecular complexity index is 1040. The van der Waals surface area contributed by atoms with Gasteiger partial charge in [-0.1, -0.05) is 23.2 Å². The zero-order valence-corrected chi connectivity index (χ0v) is 16.9. The van der Waals surface area contributed by atoms with E-state index in [0.717, 1.165) is 0 Å². The summed E-state index contributed by atoms with van der Waals surface area (Å²) < 4.78 is 4.80. The lowest BCUT2D eigenvalue weighted by atomic mass is 10.1. The Morgan fingerprint density at radius 1 is 1.10 bits per heavy atom. The Kier molecular flexibility index (Phi) is 5.86. The molecule has 1 aromatic carbocycles. The molecule has 150 valence electrons. The van der Waals surface area contributed by atoms with Gasteiger partial charge < -0.3 is 10.1 Å². The molecule has 0 fully saturated rings. The average molecular weight is 436 g/mol. The fourth-order valence-electron chi connectivity index (χ4n) is 2.86. The van der Waals surface area contributed by atoms with Gasteiger partial charge >= 0.3 is 5.97 Å². The number of anilines is 1. The lowest BCUT2D eigenvalue weighted by molar-refractivity contribution is -0.143. The number of carbonyl (C=O) groups is 4. The molecule has 0 saturated carbocycles. The standard InChI is InChI=1S/C19H15Cl2N3O5/c1-3-29-12(25)8-24-18(27)13-14(19(24)28)16(21)22-9(2)15(13)23-17(26)10-4-6-11(20)7-5-10/h4-7H,3,8H2,1-2H3,(H,23,26). The Balaban J connectivity index is 1.99. The quantitative estimate of drug-likeness (QED) is 0.439. The van der Waals surface area contributed by atoms with Gasteiger partial charge in [0.25, 0.3) is 17.7 Å². The van der Waals surface area contributed by atoms with Crippen LogP contribution in [0.1, 0.15) is 43.7 Å². The SMILES string of the molecule is CCOC(=O)CN1C(=O)c2c(Cl)nc(C)c(NC(=O)c3ccc(Cl)cc3)c2C1=O. The number of fused-ring (bicyclic) bond motifs is 1. The lowest BCUT2D eigenvalue weighted by Crippen LogP contribution is -2.35. The summed E-state index contributed by atoms with van der Waals surface area (Å²) in [7, 11) is 0. The first kappa shape index (κ1) is 20.8. The van der Waals surface area contributed by atoms with E-state index >= 15 is 0 Å². The first-order valence-electron chi connectivity index (χ1n) is 8.53. The number of aryl methyl sites for hydroxylation is 1. The molecular weight excluding hydrogens is 421 g/mol. The molecule has 10 heteroatoms. The second kappa shape index (κ2) is 8.18. The Labute approximate surface area is 175 Å². The third kappa shape index (κ3) is 3.94. The summed E-state index contributed by atoms with van der Waals surface area (Å²) in [4.78, 5) is 54.7. The Morgan fingerprint density at radius 2 is 1.72 bits per heavy atom. The van der Waals surface area contributed by atoms with Gasteiger partial charge in [0.1, 0.15) is 11.7 Å². The molecule has 0 radical (unpaired) electrons. The molecule has 0 spiro atoms. The van der Waals surface area contributed by atoms with Crippen LogP contribution in [-0.4, -0.2) is 46.7 Å². The highest BCUT2D eigenvalue weighted by atomic mass is 35.5. The Hall–Kier alpha value is -2.97. The minimum absolute atomic E-state index is 0.0501. The second-order valence-electron chi connectivity index (χ2n) is 6.08. The number of benzene rings is 1. The largest absolute Gasteiger partial charge is 0.465 e. The van der Waals surface area contributed by atoms with Crippen molar-refractivity contribution in [2.75, 3.05) is 18.5 Å². The van der Waals surface area contributed by atoms with Crippen LogP contribution < -0.4 is 5.32 Å². The van der Waals surface area contributed by atoms with Crippen molar-refractivity contribution >= 4 is 52.6 Å². The zero-order valence-electron chi connectivity index (χ0n) is 15.4. The molecule has 0 bridgehead atoms. The van der Waals surface area contributed by atoms with E-state index in [1.54, 1.807) is 19.1 Å². The summed E-state index contributed by atoms with van der Waals surface area (Å²) in [5.74, 6) is -2.82. The van der Waals surface area contributed by atoms with Crippen LogP contribution in [0.2, 0.25) is 10.2 Å². The minimum atomic E-state index is -0.780. The van der Waals surface area contributed by atoms with E-state index < -0.39 is 30.2 Å². The van der Waals surface area contributed by atoms with Crippen molar-refractivity contribution in [2.45, 2.75) is 13.8 Å². The predicted molar refractivity (Wildman–Crippen MR) is 105 cm³/mol. The summed E-state index contributed by atoms with van der Waals surface area (Å²) >= 11 is 11.9. The topological polar surface area (TPSA) is 106 Å². The molecule has 0 aliphatic carbocycles. The van der Waals surface area contributed by atoms with Crippen LogP contribution in [0.3, 0.4) is 0 Å². The number of rotatable bonds is 5. The summed E-state index contributed by atoms with van der Waals surface area (Å²) in [6, 6.07) is 6.11. The van der Waals surface area contributed by atoms with Gasteiger partial charge in [-0.3, -0.25) is 24.1 Å². The number of nitrogens with zero attached hydrogens (tertiary/aromatic N) is 2. The monoisotopic (exact) mass is 435 g/mol. The van der Waals surface area contributed by atoms with Crippen molar-refractivity contribution < 1.29 is 23.9 Å². The fourth-order valence-corrected chi connectivity index (χ4v) is 3.29. The van der Waals surface area contributed by atoms with E-state index in [9.17, 15) is 19.2 Å². The smallest absolute Gasteiger partial charge is 0.326 e. The number of halogens is 2. The highest BCUT2D eigenvalue weighted by molar-refractivity contribution is 6.37. The number of imide groups is 1. The number of pyridine rings is 1. The number of hydrogen-bond acceptors (Lipinski definition) is 6. The molecule has 0 atom stereocenters. The second-order valence-corrected chi connectivity index (χ2v) is 6.87. The maximum atomic E-state index is 12.9. The van der Waals surface area contributed by atoms with Gasteiger partial charge in [0, 0.05) is 10.6 Å². The number of amides is 3. The Morgan fingerprint density at radius 3 is 2.34 bits per heavy atom. The van der Waals surface area contributed by atoms with E-state index in [2.05, 4.69) is 10.3 Å². The minimum Gasteiger partial charge on any atom is -0.465 e. The van der Waals surface area contributed by atoms with Crippen molar-refractivity contribution in [2.24, 2.45) is 0 Å². The van der Waals surface area contributed by atoms with Gasteiger partial charge in [-0.25, -0.2) is 4.98 Å². The van der Waals surface area contributed by atoms with Gasteiger partial charge in [-0.2, -0.15) is 0 Å². The number of carbonyl (C=O) groups excluding carboxylic acids is 4. The van der Waals surface area contributed by atoms with Crippen LogP contribution in [0.25, 0.3) is 0 Å². The van der Waals surface area contributed by atoms with Crippen molar-refractivity contribution in [3.63, 3.8) is 0 Å². The van der Waals surface area contributed by atoms with Gasteiger partial charge in [0.05, 0.1) is 29.1 Å². The average Bonchev–Trinajstić information content (AvgIpc) is 2.91. The number of nitrogens with one attached hydrogen (secondary N) is 1. The highest BCUT2D eigenvalue weighted by Crippen LogP contribution is 2.35. The molecule has 29 heavy (non-hydrogen) atoms. The molecule has 2 aromatic rings. The molecule has 1 aromatic heterocycles. The van der Waals surface area contributed by atoms with Crippen molar-refractivity contribution in [3.8, 4) is 0 Å². The van der Waals surface area contributed by atoms with Crippen LogP contribution in [0, 0.1) is 6.92 Å². The predicted octanol–water partition coefficient (Wildman–Crippen LogP) is 3.11. The van der Waals surface area contributed by atoms with E-state index in [1.165, 1.54) is 19.1 Å². The number of esters is 1.